The van der Waals surface area contributed by atoms with Gasteiger partial charge in [0.1, 0.15) is 18.7 Å². The van der Waals surface area contributed by atoms with Crippen molar-refractivity contribution in [1.29, 1.82) is 0 Å². The molecular formula is C74H95N13O12S. The number of thiazole rings is 1. The Hall–Kier alpha value is -9.56. The number of nitrogens with one attached hydrogen (secondary N) is 5. The molecule has 8 N–H and O–H groups in total. The van der Waals surface area contributed by atoms with Crippen molar-refractivity contribution < 1.29 is 57.7 Å². The monoisotopic (exact) mass is 1390 g/mol. The molecule has 3 unspecified atom stereocenters. The predicted molar refractivity (Wildman–Crippen MR) is 384 cm³/mol. The number of carboxylic acids is 1. The van der Waals surface area contributed by atoms with Crippen LogP contribution in [0.1, 0.15) is 169 Å². The third-order valence-corrected chi connectivity index (χ3v) is 20.3. The zero-order valence-electron chi connectivity index (χ0n) is 58.4. The number of aromatic carboxylic acids is 1. The van der Waals surface area contributed by atoms with Gasteiger partial charge in [0.05, 0.1) is 34.7 Å². The van der Waals surface area contributed by atoms with Gasteiger partial charge in [0, 0.05) is 92.1 Å². The maximum atomic E-state index is 13.8. The van der Waals surface area contributed by atoms with Crippen molar-refractivity contribution in [3.05, 3.63) is 119 Å². The number of primary amides is 1. The summed E-state index contributed by atoms with van der Waals surface area (Å²) >= 11 is 1.37. The van der Waals surface area contributed by atoms with E-state index < -0.39 is 47.6 Å². The van der Waals surface area contributed by atoms with Crippen LogP contribution in [0.15, 0.2) is 85.6 Å². The molecule has 0 saturated heterocycles. The summed E-state index contributed by atoms with van der Waals surface area (Å²) in [6.45, 7) is 17.9. The number of aryl methyl sites for hydroxylation is 1. The van der Waals surface area contributed by atoms with Gasteiger partial charge in [-0.15, -0.1) is 0 Å². The first-order valence-corrected chi connectivity index (χ1v) is 35.5. The number of imide groups is 1. The number of rotatable bonds is 32. The molecule has 5 atom stereocenters. The van der Waals surface area contributed by atoms with E-state index in [1.807, 2.05) is 54.9 Å². The molecule has 4 aliphatic rings. The summed E-state index contributed by atoms with van der Waals surface area (Å²) in [5.74, 6) is -3.71. The van der Waals surface area contributed by atoms with Gasteiger partial charge in [-0.25, -0.2) is 29.1 Å². The molecule has 2 bridgehead atoms. The molecule has 2 fully saturated rings. The van der Waals surface area contributed by atoms with Crippen molar-refractivity contribution in [2.75, 3.05) is 55.4 Å². The van der Waals surface area contributed by atoms with E-state index >= 15 is 0 Å². The minimum absolute atomic E-state index is 0.00942. The van der Waals surface area contributed by atoms with Gasteiger partial charge in [0.2, 0.25) is 17.7 Å². The molecule has 9 rings (SSSR count). The first kappa shape index (κ1) is 74.7. The summed E-state index contributed by atoms with van der Waals surface area (Å²) in [6, 6.07) is 13.1. The molecule has 534 valence electrons. The van der Waals surface area contributed by atoms with E-state index in [4.69, 9.17) is 25.3 Å². The van der Waals surface area contributed by atoms with E-state index in [1.54, 1.807) is 68.4 Å². The molecule has 5 aromatic rings. The van der Waals surface area contributed by atoms with Crippen molar-refractivity contribution in [3.63, 3.8) is 0 Å². The van der Waals surface area contributed by atoms with E-state index in [0.29, 0.717) is 83.2 Å². The van der Waals surface area contributed by atoms with Crippen LogP contribution in [0.25, 0.3) is 34.5 Å². The summed E-state index contributed by atoms with van der Waals surface area (Å²) in [7, 11) is 1.67. The highest BCUT2D eigenvalue weighted by Gasteiger charge is 2.55. The molecular weight excluding hydrogens is 1290 g/mol. The van der Waals surface area contributed by atoms with Crippen LogP contribution in [0.3, 0.4) is 0 Å². The Kier molecular flexibility index (Phi) is 25.0. The summed E-state index contributed by atoms with van der Waals surface area (Å²) in [5, 5.41) is 30.1. The topological polar surface area (TPSA) is 332 Å². The Labute approximate surface area is 588 Å². The maximum absolute atomic E-state index is 13.8. The number of hydrogen-bond donors (Lipinski definition) is 7. The fraction of sp³-hybridized carbons (Fsp3) is 0.486. The van der Waals surface area contributed by atoms with Gasteiger partial charge in [-0.2, -0.15) is 5.10 Å². The fourth-order valence-corrected chi connectivity index (χ4v) is 15.7. The van der Waals surface area contributed by atoms with Crippen LogP contribution < -0.4 is 37.2 Å². The standard InChI is InChI=1S/C74H95N13O12S/c1-9-18-59-55(11-3)81-69(100-59)83-70(96)85-37-16-19-50-24-25-51(40-58(50)85)56-29-28-53(64(79-56)67(93)94)54-41-77-87(48(54)6)46-73(32-10-2)43-72(7)33-17-34-74(44-72,45-73)99-39-38-84(8)71(97)98-42-49-22-26-52(27-23-49)78-65(91)57(20-15-35-76-68(75)95)80-66(92)63(47(4)5)82-60(88)21-13-12-14-36-86-61(89)30-31-62(86)90/h9,11,18,22-31,40-41,47,57,63H,3,10,12-17,19-21,32-39,42-46H2,1-2,4-8H3,(H,78,91)(H,80,92)(H,82,88)(H,93,94)(H3,75,76,95)(H,81,83,96)/b18-9-/t57-,63-,72?,73?,74?/m0/s1. The van der Waals surface area contributed by atoms with E-state index in [0.717, 1.165) is 90.9 Å². The second-order valence-electron chi connectivity index (χ2n) is 27.6. The van der Waals surface area contributed by atoms with Gasteiger partial charge in [0.15, 0.2) is 10.8 Å². The fourth-order valence-electron chi connectivity index (χ4n) is 14.8. The van der Waals surface area contributed by atoms with Crippen LogP contribution in [0.4, 0.5) is 30.9 Å². The highest BCUT2D eigenvalue weighted by Crippen LogP contribution is 2.60. The lowest BCUT2D eigenvalue weighted by molar-refractivity contribution is -0.173. The number of unbranched alkanes of at least 4 members (excludes halogenated alkanes) is 2. The van der Waals surface area contributed by atoms with E-state index in [2.05, 4.69) is 52.0 Å². The number of carbonyl (C=O) groups excluding carboxylic acids is 8. The molecule has 2 saturated carbocycles. The second kappa shape index (κ2) is 33.5. The number of amides is 10. The smallest absolute Gasteiger partial charge is 0.409 e. The Morgan fingerprint density at radius 2 is 1.67 bits per heavy atom. The number of hydrogen-bond acceptors (Lipinski definition) is 15. The van der Waals surface area contributed by atoms with Crippen molar-refractivity contribution >= 4 is 93.7 Å². The largest absolute Gasteiger partial charge is 0.476 e. The van der Waals surface area contributed by atoms with Gasteiger partial charge in [0.25, 0.3) is 11.8 Å². The lowest BCUT2D eigenvalue weighted by Gasteiger charge is -2.58. The van der Waals surface area contributed by atoms with Crippen LogP contribution in [0.2, 0.25) is 0 Å². The number of nitrogens with two attached hydrogens (primary N) is 1. The van der Waals surface area contributed by atoms with Crippen LogP contribution in [-0.2, 0) is 53.0 Å². The van der Waals surface area contributed by atoms with Gasteiger partial charge in [-0.05, 0) is 161 Å². The van der Waals surface area contributed by atoms with Crippen molar-refractivity contribution in [2.24, 2.45) is 22.5 Å². The third kappa shape index (κ3) is 18.8. The zero-order valence-corrected chi connectivity index (χ0v) is 59.2. The Bertz CT molecular complexity index is 3900. The Morgan fingerprint density at radius 1 is 0.900 bits per heavy atom. The summed E-state index contributed by atoms with van der Waals surface area (Å²) in [6.07, 6.45) is 20.3. The Morgan fingerprint density at radius 3 is 2.38 bits per heavy atom. The summed E-state index contributed by atoms with van der Waals surface area (Å²) in [4.78, 5) is 131. The molecule has 10 amide bonds. The van der Waals surface area contributed by atoms with E-state index in [9.17, 15) is 48.3 Å². The lowest BCUT2D eigenvalue weighted by Crippen LogP contribution is -2.54. The summed E-state index contributed by atoms with van der Waals surface area (Å²) in [5.41, 5.74) is 11.1. The number of urea groups is 2. The number of ether oxygens (including phenoxy) is 2. The maximum Gasteiger partial charge on any atom is 0.409 e. The molecule has 2 aliphatic carbocycles. The van der Waals surface area contributed by atoms with Gasteiger partial charge < -0.3 is 46.5 Å². The van der Waals surface area contributed by atoms with E-state index in [-0.39, 0.29) is 91.9 Å². The number of carbonyl (C=O) groups is 9. The van der Waals surface area contributed by atoms with Crippen molar-refractivity contribution in [2.45, 2.75) is 175 Å². The number of carboxylic acid groups (broad SMARTS) is 1. The van der Waals surface area contributed by atoms with Crippen LogP contribution in [0.5, 0.6) is 0 Å². The van der Waals surface area contributed by atoms with Crippen molar-refractivity contribution in [1.82, 2.24) is 45.5 Å². The lowest BCUT2D eigenvalue weighted by atomic mass is 9.51. The molecule has 2 aromatic carbocycles. The number of benzene rings is 2. The molecule has 0 spiro atoms. The highest BCUT2D eigenvalue weighted by atomic mass is 32.1. The summed E-state index contributed by atoms with van der Waals surface area (Å²) < 4.78 is 14.8. The number of allylic oxidation sites excluding steroid dienone is 1. The molecule has 5 heterocycles. The average Bonchev–Trinajstić information content (AvgIpc) is 0.923. The molecule has 0 radical (unpaired) electrons. The minimum Gasteiger partial charge on any atom is -0.476 e. The molecule has 26 heteroatoms. The number of pyridine rings is 1. The third-order valence-electron chi connectivity index (χ3n) is 19.4. The number of likely N-dealkylation sites (N-methyl/N-ethyl adjacent to an activating group) is 1. The Balaban J connectivity index is 0.782. The number of anilines is 3. The first-order valence-electron chi connectivity index (χ1n) is 34.7. The van der Waals surface area contributed by atoms with Gasteiger partial charge in [-0.1, -0.05) is 95.2 Å². The molecule has 3 aromatic heterocycles. The normalized spacial score (nSPS) is 19.2. The highest BCUT2D eigenvalue weighted by molar-refractivity contribution is 7.16. The SMILES string of the molecule is C=Cc1nc(NC(=O)N2CCCc3ccc(-c4ccc(-c5cnn(CC6(CCC)CC7(C)CCCC(OCCN(C)C(=O)OCc8ccc(NC(=O)[C@H](CCCNC(N)=O)NC(=O)[C@@H](NC(=O)CCCCCN9C(=O)C=CC9=O)C(C)C)cc8)(C7)C6)c5C)c(C(=O)O)n4)cc32)sc1/C=C\C. The van der Waals surface area contributed by atoms with Gasteiger partial charge >= 0.3 is 24.1 Å². The average molecular weight is 1390 g/mol. The van der Waals surface area contributed by atoms with Gasteiger partial charge in [-0.3, -0.25) is 43.8 Å². The van der Waals surface area contributed by atoms with E-state index in [1.165, 1.54) is 28.4 Å². The molecule has 2 aliphatic heterocycles. The number of aromatic nitrogens is 4. The first-order chi connectivity index (χ1) is 47.8. The molecule has 25 nitrogen and oxygen atoms in total. The molecule has 100 heavy (non-hydrogen) atoms. The quantitative estimate of drug-likeness (QED) is 0.0155. The predicted octanol–water partition coefficient (Wildman–Crippen LogP) is 11.4. The minimum atomic E-state index is -1.17. The van der Waals surface area contributed by atoms with Crippen LogP contribution in [0, 0.1) is 23.7 Å². The number of nitrogens with zero attached hydrogens (tertiary/aromatic N) is 7. The van der Waals surface area contributed by atoms with Crippen LogP contribution in [-0.4, -0.2) is 146 Å². The zero-order chi connectivity index (χ0) is 71.9. The second-order valence-corrected chi connectivity index (χ2v) is 28.6. The number of fused-ring (bicyclic) bond motifs is 3. The van der Waals surface area contributed by atoms with Crippen LogP contribution >= 0.6 is 11.3 Å². The van der Waals surface area contributed by atoms with Crippen molar-refractivity contribution in [3.8, 4) is 22.4 Å².